The molecule has 1 aliphatic rings. The molecule has 0 aliphatic carbocycles. The number of pyridine rings is 1. The van der Waals surface area contributed by atoms with Gasteiger partial charge in [-0.3, -0.25) is 4.98 Å². The molecule has 0 radical (unpaired) electrons. The number of aromatic nitrogens is 1. The largest absolute Gasteiger partial charge is 0.282 e. The minimum absolute atomic E-state index is 0.232. The molecule has 1 aromatic carbocycles. The van der Waals surface area contributed by atoms with Crippen LogP contribution in [0.25, 0.3) is 10.9 Å². The van der Waals surface area contributed by atoms with E-state index in [9.17, 15) is 8.42 Å². The van der Waals surface area contributed by atoms with Crippen molar-refractivity contribution in [3.63, 3.8) is 0 Å². The van der Waals surface area contributed by atoms with E-state index in [0.29, 0.717) is 19.6 Å². The van der Waals surface area contributed by atoms with Gasteiger partial charge in [0, 0.05) is 38.3 Å². The summed E-state index contributed by atoms with van der Waals surface area (Å²) in [7, 11) is -1.76. The zero-order chi connectivity index (χ0) is 17.4. The van der Waals surface area contributed by atoms with Crippen molar-refractivity contribution >= 4 is 21.1 Å². The highest BCUT2D eigenvalue weighted by atomic mass is 32.2. The van der Waals surface area contributed by atoms with Gasteiger partial charge in [-0.2, -0.15) is 17.0 Å². The van der Waals surface area contributed by atoms with E-state index in [1.165, 1.54) is 4.31 Å². The molecule has 0 amide bonds. The molecule has 0 atom stereocenters. The zero-order valence-electron chi connectivity index (χ0n) is 14.6. The molecular formula is C18H25N3O2S. The van der Waals surface area contributed by atoms with Gasteiger partial charge in [-0.25, -0.2) is 0 Å². The molecule has 5 nitrogen and oxygen atoms in total. The van der Waals surface area contributed by atoms with E-state index in [1.54, 1.807) is 17.5 Å². The third-order valence-corrected chi connectivity index (χ3v) is 6.80. The minimum atomic E-state index is -3.41. The van der Waals surface area contributed by atoms with Crippen LogP contribution in [-0.4, -0.2) is 42.1 Å². The van der Waals surface area contributed by atoms with Crippen molar-refractivity contribution in [1.29, 1.82) is 0 Å². The van der Waals surface area contributed by atoms with Crippen molar-refractivity contribution < 1.29 is 8.42 Å². The molecule has 0 spiro atoms. The number of fused-ring (bicyclic) bond motifs is 1. The van der Waals surface area contributed by atoms with Crippen molar-refractivity contribution in [3.8, 4) is 0 Å². The second-order valence-electron chi connectivity index (χ2n) is 7.36. The van der Waals surface area contributed by atoms with Crippen molar-refractivity contribution in [2.75, 3.05) is 20.1 Å². The number of piperidine rings is 1. The summed E-state index contributed by atoms with van der Waals surface area (Å²) in [5.41, 5.74) is 2.12. The molecule has 1 aromatic heterocycles. The Hall–Kier alpha value is -1.50. The Morgan fingerprint density at radius 1 is 1.21 bits per heavy atom. The molecule has 0 N–H and O–H groups in total. The van der Waals surface area contributed by atoms with Crippen molar-refractivity contribution in [2.24, 2.45) is 5.41 Å². The molecule has 0 unspecified atom stereocenters. The van der Waals surface area contributed by atoms with Gasteiger partial charge in [0.2, 0.25) is 0 Å². The van der Waals surface area contributed by atoms with Crippen LogP contribution < -0.4 is 0 Å². The number of nitrogens with zero attached hydrogens (tertiary/aromatic N) is 3. The van der Waals surface area contributed by atoms with Gasteiger partial charge in [-0.1, -0.05) is 26.0 Å². The maximum Gasteiger partial charge on any atom is 0.282 e. The molecule has 1 aliphatic heterocycles. The van der Waals surface area contributed by atoms with E-state index in [0.717, 1.165) is 29.3 Å². The Bertz CT molecular complexity index is 823. The fourth-order valence-electron chi connectivity index (χ4n) is 3.08. The van der Waals surface area contributed by atoms with Gasteiger partial charge in [0.25, 0.3) is 10.2 Å². The lowest BCUT2D eigenvalue weighted by Crippen LogP contribution is -2.46. The Labute approximate surface area is 144 Å². The van der Waals surface area contributed by atoms with E-state index in [-0.39, 0.29) is 5.41 Å². The summed E-state index contributed by atoms with van der Waals surface area (Å²) in [6.45, 7) is 5.96. The molecule has 0 bridgehead atoms. The molecule has 0 saturated carbocycles. The van der Waals surface area contributed by atoms with Gasteiger partial charge in [0.05, 0.1) is 5.52 Å². The van der Waals surface area contributed by atoms with Crippen LogP contribution in [0.3, 0.4) is 0 Å². The molecule has 6 heteroatoms. The first-order valence-corrected chi connectivity index (χ1v) is 9.73. The molecule has 2 aromatic rings. The van der Waals surface area contributed by atoms with E-state index in [1.807, 2.05) is 30.3 Å². The monoisotopic (exact) mass is 347 g/mol. The maximum atomic E-state index is 12.8. The second kappa shape index (κ2) is 6.43. The van der Waals surface area contributed by atoms with Gasteiger partial charge in [0.1, 0.15) is 0 Å². The highest BCUT2D eigenvalue weighted by Crippen LogP contribution is 2.31. The first-order chi connectivity index (χ1) is 11.3. The van der Waals surface area contributed by atoms with Crippen LogP contribution >= 0.6 is 0 Å². The molecular weight excluding hydrogens is 322 g/mol. The van der Waals surface area contributed by atoms with Crippen LogP contribution in [0.2, 0.25) is 0 Å². The Morgan fingerprint density at radius 3 is 2.62 bits per heavy atom. The van der Waals surface area contributed by atoms with Gasteiger partial charge in [-0.15, -0.1) is 0 Å². The number of hydrogen-bond donors (Lipinski definition) is 0. The number of hydrogen-bond acceptors (Lipinski definition) is 3. The zero-order valence-corrected chi connectivity index (χ0v) is 15.4. The molecule has 2 heterocycles. The third-order valence-electron chi connectivity index (χ3n) is 4.87. The van der Waals surface area contributed by atoms with E-state index < -0.39 is 10.2 Å². The predicted molar refractivity (Wildman–Crippen MR) is 96.7 cm³/mol. The van der Waals surface area contributed by atoms with Crippen LogP contribution in [-0.2, 0) is 16.8 Å². The lowest BCUT2D eigenvalue weighted by Gasteiger charge is -2.37. The molecule has 3 rings (SSSR count). The quantitative estimate of drug-likeness (QED) is 0.854. The standard InChI is InChI=1S/C18H25N3O2S/c1-18(2)8-11-21(12-9-18)24(22,23)20(3)14-15-6-7-17-16(13-15)5-4-10-19-17/h4-7,10,13H,8-9,11-12,14H2,1-3H3. The average Bonchev–Trinajstić information content (AvgIpc) is 2.54. The highest BCUT2D eigenvalue weighted by molar-refractivity contribution is 7.86. The van der Waals surface area contributed by atoms with Gasteiger partial charge in [-0.05, 0) is 42.0 Å². The van der Waals surface area contributed by atoms with E-state index in [4.69, 9.17) is 0 Å². The van der Waals surface area contributed by atoms with Crippen LogP contribution in [0.15, 0.2) is 36.5 Å². The van der Waals surface area contributed by atoms with Crippen LogP contribution in [0.4, 0.5) is 0 Å². The van der Waals surface area contributed by atoms with Crippen LogP contribution in [0.5, 0.6) is 0 Å². The normalized spacial score (nSPS) is 19.0. The lowest BCUT2D eigenvalue weighted by molar-refractivity contribution is 0.188. The number of rotatable bonds is 4. The fraction of sp³-hybridized carbons (Fsp3) is 0.500. The topological polar surface area (TPSA) is 53.5 Å². The summed E-state index contributed by atoms with van der Waals surface area (Å²) in [6, 6.07) is 9.78. The number of benzene rings is 1. The Balaban J connectivity index is 1.74. The summed E-state index contributed by atoms with van der Waals surface area (Å²) >= 11 is 0. The molecule has 1 fully saturated rings. The molecule has 24 heavy (non-hydrogen) atoms. The SMILES string of the molecule is CN(Cc1ccc2ncccc2c1)S(=O)(=O)N1CCC(C)(C)CC1. The summed E-state index contributed by atoms with van der Waals surface area (Å²) < 4.78 is 28.7. The predicted octanol–water partition coefficient (Wildman–Crippen LogP) is 3.03. The van der Waals surface area contributed by atoms with Crippen LogP contribution in [0.1, 0.15) is 32.3 Å². The third kappa shape index (κ3) is 3.61. The van der Waals surface area contributed by atoms with Crippen molar-refractivity contribution in [2.45, 2.75) is 33.2 Å². The summed E-state index contributed by atoms with van der Waals surface area (Å²) in [4.78, 5) is 4.30. The fourth-order valence-corrected chi connectivity index (χ4v) is 4.43. The average molecular weight is 347 g/mol. The second-order valence-corrected chi connectivity index (χ2v) is 9.39. The summed E-state index contributed by atoms with van der Waals surface area (Å²) in [5, 5.41) is 1.03. The van der Waals surface area contributed by atoms with Crippen molar-refractivity contribution in [1.82, 2.24) is 13.6 Å². The molecule has 130 valence electrons. The van der Waals surface area contributed by atoms with Gasteiger partial charge >= 0.3 is 0 Å². The lowest BCUT2D eigenvalue weighted by atomic mass is 9.83. The van der Waals surface area contributed by atoms with Crippen molar-refractivity contribution in [3.05, 3.63) is 42.1 Å². The van der Waals surface area contributed by atoms with E-state index in [2.05, 4.69) is 18.8 Å². The highest BCUT2D eigenvalue weighted by Gasteiger charge is 2.33. The van der Waals surface area contributed by atoms with Gasteiger partial charge in [0.15, 0.2) is 0 Å². The Kier molecular flexibility index (Phi) is 4.64. The van der Waals surface area contributed by atoms with E-state index >= 15 is 0 Å². The first-order valence-electron chi connectivity index (χ1n) is 8.33. The van der Waals surface area contributed by atoms with Gasteiger partial charge < -0.3 is 0 Å². The van der Waals surface area contributed by atoms with Crippen LogP contribution in [0, 0.1) is 5.41 Å². The maximum absolute atomic E-state index is 12.8. The minimum Gasteiger partial charge on any atom is -0.256 e. The summed E-state index contributed by atoms with van der Waals surface area (Å²) in [6.07, 6.45) is 3.57. The molecule has 1 saturated heterocycles. The Morgan fingerprint density at radius 2 is 1.92 bits per heavy atom. The first kappa shape index (κ1) is 17.3. The smallest absolute Gasteiger partial charge is 0.256 e. The summed E-state index contributed by atoms with van der Waals surface area (Å²) in [5.74, 6) is 0.